The highest BCUT2D eigenvalue weighted by molar-refractivity contribution is 9.09. The van der Waals surface area contributed by atoms with Gasteiger partial charge in [0.1, 0.15) is 18.3 Å². The largest absolute Gasteiger partial charge is 0.453 e. The van der Waals surface area contributed by atoms with Gasteiger partial charge in [-0.3, -0.25) is 10.1 Å². The van der Waals surface area contributed by atoms with Gasteiger partial charge in [0.05, 0.1) is 25.0 Å². The van der Waals surface area contributed by atoms with Crippen LogP contribution >= 0.6 is 31.4 Å². The molecule has 1 fully saturated rings. The van der Waals surface area contributed by atoms with Gasteiger partial charge in [-0.05, 0) is 35.2 Å². The molecule has 2 bridgehead atoms. The number of aliphatic hydroxyl groups excluding tert-OH is 3. The van der Waals surface area contributed by atoms with E-state index < -0.39 is 66.0 Å². The topological polar surface area (TPSA) is 187 Å². The Hall–Kier alpha value is -1.99. The molecule has 7 N–H and O–H groups in total. The molecule has 0 spiro atoms. The Bertz CT molecular complexity index is 1170. The highest BCUT2D eigenvalue weighted by Crippen LogP contribution is 2.40. The van der Waals surface area contributed by atoms with Crippen LogP contribution < -0.4 is 10.8 Å². The molecule has 1 amide bonds. The Kier molecular flexibility index (Phi) is 11.4. The van der Waals surface area contributed by atoms with Crippen LogP contribution in [-0.2, 0) is 19.0 Å². The summed E-state index contributed by atoms with van der Waals surface area (Å²) in [6, 6.07) is -1.04. The maximum Gasteiger partial charge on any atom is 0.411 e. The number of rotatable bonds is 8. The number of ether oxygens (including phenoxy) is 3. The molecular weight excluding hydrogens is 572 g/mol. The lowest BCUT2D eigenvalue weighted by molar-refractivity contribution is -0.283. The van der Waals surface area contributed by atoms with Crippen LogP contribution in [0.2, 0.25) is 0 Å². The fourth-order valence-corrected chi connectivity index (χ4v) is 6.50. The number of methoxy groups -OCH3 is 1. The van der Waals surface area contributed by atoms with Crippen molar-refractivity contribution in [3.8, 4) is 23.7 Å². The van der Waals surface area contributed by atoms with Crippen LogP contribution in [-0.4, -0.2) is 105 Å². The molecule has 1 aliphatic heterocycles. The van der Waals surface area contributed by atoms with E-state index in [1.165, 1.54) is 56.6 Å². The number of Topliss-reactive ketones (excluding diaryl/α,β-unsaturated/α-hetero) is 1. The first kappa shape index (κ1) is 31.5. The van der Waals surface area contributed by atoms with Crippen molar-refractivity contribution in [1.29, 1.82) is 0 Å². The Morgan fingerprint density at radius 1 is 1.26 bits per heavy atom. The number of nitrogens with one attached hydrogen (secondary N) is 2. The van der Waals surface area contributed by atoms with Gasteiger partial charge in [0.25, 0.3) is 0 Å². The Labute approximate surface area is 236 Å². The summed E-state index contributed by atoms with van der Waals surface area (Å²) in [6.07, 6.45) is -4.14. The molecule has 0 radical (unpaired) electrons. The van der Waals surface area contributed by atoms with Crippen molar-refractivity contribution in [3.05, 3.63) is 35.1 Å². The second-order valence-corrected chi connectivity index (χ2v) is 12.7. The highest BCUT2D eigenvalue weighted by Gasteiger charge is 2.53. The van der Waals surface area contributed by atoms with E-state index in [0.717, 1.165) is 7.11 Å². The fraction of sp³-hybridized carbons (Fsp3) is 0.500. The number of hydrogen-bond donors (Lipinski definition) is 7. The summed E-state index contributed by atoms with van der Waals surface area (Å²) in [5, 5.41) is 55.3. The van der Waals surface area contributed by atoms with Crippen LogP contribution in [0.5, 0.6) is 0 Å². The van der Waals surface area contributed by atoms with Crippen molar-refractivity contribution in [3.63, 3.8) is 0 Å². The van der Waals surface area contributed by atoms with Crippen molar-refractivity contribution in [2.45, 2.75) is 55.4 Å². The monoisotopic (exact) mass is 600 g/mol. The molecule has 2 aliphatic carbocycles. The summed E-state index contributed by atoms with van der Waals surface area (Å²) in [5.74, 6) is 9.73. The minimum atomic E-state index is -2.42. The van der Waals surface area contributed by atoms with Gasteiger partial charge < -0.3 is 39.8 Å². The standard InChI is InChI=1S/C24H28N2O10S3/c1-12-16(26-33)18(27)20(29)22(35-12)36-14-8-6-4-5-7-10-24(32)13(9-11-38-39-37-3)15(14)17(19(28)21(24)30)25-23(31)34-2/h4-5,9,12,14,16,18,20-22,26-27,29-30,32-33H,11H2,1-3H3,(H,25,31)/b5-4-,13-9+/t12?,14-,16?,18?,20?,21?,22?,24+/m0/s1. The normalized spacial score (nSPS) is 35.8. The van der Waals surface area contributed by atoms with Crippen molar-refractivity contribution < 1.29 is 49.4 Å². The molecule has 1 heterocycles. The van der Waals surface area contributed by atoms with Crippen LogP contribution in [0.15, 0.2) is 35.1 Å². The molecule has 12 nitrogen and oxygen atoms in total. The summed E-state index contributed by atoms with van der Waals surface area (Å²) in [7, 11) is 5.40. The lowest BCUT2D eigenvalue weighted by Gasteiger charge is -2.43. The second kappa shape index (κ2) is 14.1. The predicted molar refractivity (Wildman–Crippen MR) is 145 cm³/mol. The number of alkyl carbamates (subject to hydrolysis) is 1. The first-order chi connectivity index (χ1) is 18.6. The Morgan fingerprint density at radius 2 is 1.97 bits per heavy atom. The van der Waals surface area contributed by atoms with Gasteiger partial charge in [-0.2, -0.15) is 5.48 Å². The van der Waals surface area contributed by atoms with E-state index >= 15 is 0 Å². The van der Waals surface area contributed by atoms with Gasteiger partial charge in [-0.1, -0.05) is 51.3 Å². The second-order valence-electron chi connectivity index (χ2n) is 8.33. The zero-order valence-electron chi connectivity index (χ0n) is 21.0. The summed E-state index contributed by atoms with van der Waals surface area (Å²) < 4.78 is 16.3. The van der Waals surface area contributed by atoms with Gasteiger partial charge in [-0.15, -0.1) is 0 Å². The summed E-state index contributed by atoms with van der Waals surface area (Å²) in [4.78, 5) is 25.6. The predicted octanol–water partition coefficient (Wildman–Crippen LogP) is -0.367. The summed E-state index contributed by atoms with van der Waals surface area (Å²) in [6.45, 7) is 1.52. The van der Waals surface area contributed by atoms with Crippen molar-refractivity contribution in [2.75, 3.05) is 19.1 Å². The number of carbonyl (C=O) groups is 2. The molecular formula is C24H28N2O10S3. The molecule has 3 rings (SSSR count). The molecule has 0 aromatic carbocycles. The number of fused-ring (bicyclic) bond motifs is 2. The van der Waals surface area contributed by atoms with Crippen LogP contribution in [0.1, 0.15) is 6.92 Å². The minimum Gasteiger partial charge on any atom is -0.453 e. The molecule has 0 aromatic heterocycles. The first-order valence-electron chi connectivity index (χ1n) is 11.4. The zero-order valence-corrected chi connectivity index (χ0v) is 23.4. The van der Waals surface area contributed by atoms with Gasteiger partial charge in [-0.25, -0.2) is 4.79 Å². The zero-order chi connectivity index (χ0) is 28.7. The van der Waals surface area contributed by atoms with Crippen LogP contribution in [0.4, 0.5) is 4.79 Å². The van der Waals surface area contributed by atoms with E-state index in [1.54, 1.807) is 0 Å². The van der Waals surface area contributed by atoms with E-state index in [0.29, 0.717) is 0 Å². The van der Waals surface area contributed by atoms with Crippen LogP contribution in [0.25, 0.3) is 0 Å². The average Bonchev–Trinajstić information content (AvgIpc) is 2.91. The number of hydroxylamine groups is 1. The average molecular weight is 601 g/mol. The molecule has 1 saturated heterocycles. The van der Waals surface area contributed by atoms with Gasteiger partial charge in [0.2, 0.25) is 5.78 Å². The third kappa shape index (κ3) is 6.84. The molecule has 8 atom stereocenters. The van der Waals surface area contributed by atoms with E-state index in [9.17, 15) is 35.2 Å². The van der Waals surface area contributed by atoms with E-state index in [-0.39, 0.29) is 16.9 Å². The third-order valence-corrected chi connectivity index (χ3v) is 9.74. The van der Waals surface area contributed by atoms with Gasteiger partial charge in [0.15, 0.2) is 18.0 Å². The lowest BCUT2D eigenvalue weighted by Crippen LogP contribution is -2.62. The van der Waals surface area contributed by atoms with Crippen LogP contribution in [0, 0.1) is 23.7 Å². The van der Waals surface area contributed by atoms with Crippen molar-refractivity contribution >= 4 is 43.3 Å². The molecule has 15 heteroatoms. The van der Waals surface area contributed by atoms with E-state index in [2.05, 4.69) is 33.7 Å². The number of hydrogen-bond acceptors (Lipinski definition) is 14. The van der Waals surface area contributed by atoms with E-state index in [1.807, 2.05) is 11.7 Å². The van der Waals surface area contributed by atoms with Crippen molar-refractivity contribution in [2.24, 2.45) is 0 Å². The Morgan fingerprint density at radius 3 is 2.64 bits per heavy atom. The fourth-order valence-electron chi connectivity index (χ4n) is 4.08. The summed E-state index contributed by atoms with van der Waals surface area (Å²) >= 11 is 0. The van der Waals surface area contributed by atoms with Crippen molar-refractivity contribution in [1.82, 2.24) is 10.8 Å². The minimum absolute atomic E-state index is 0.0638. The molecule has 39 heavy (non-hydrogen) atoms. The SMILES string of the molecule is COC(=O)NC1=C2/C(=C\CSSSC)[C@](O)(C#C/C=C\C#C[C@@H]2OC2OC(C)C(NO)C(O)C2O)C(O)C1=O. The summed E-state index contributed by atoms with van der Waals surface area (Å²) in [5.41, 5.74) is -1.22. The van der Waals surface area contributed by atoms with E-state index in [4.69, 9.17) is 9.47 Å². The lowest BCUT2D eigenvalue weighted by atomic mass is 9.73. The molecule has 0 saturated carbocycles. The third-order valence-electron chi connectivity index (χ3n) is 6.00. The first-order valence-corrected chi connectivity index (χ1v) is 15.5. The van der Waals surface area contributed by atoms with Gasteiger partial charge >= 0.3 is 6.09 Å². The molecule has 3 aliphatic rings. The molecule has 212 valence electrons. The highest BCUT2D eigenvalue weighted by atomic mass is 33.5. The quantitative estimate of drug-likeness (QED) is 0.0828. The smallest absolute Gasteiger partial charge is 0.411 e. The number of amides is 1. The molecule has 0 aromatic rings. The van der Waals surface area contributed by atoms with Crippen LogP contribution in [0.3, 0.4) is 0 Å². The maximum atomic E-state index is 13.3. The number of aliphatic hydroxyl groups is 4. The number of carbonyl (C=O) groups excluding carboxylic acids is 2. The van der Waals surface area contributed by atoms with Gasteiger partial charge in [0, 0.05) is 16.9 Å². The Balaban J connectivity index is 2.21. The maximum absolute atomic E-state index is 13.3. The number of allylic oxidation sites excluding steroid dienone is 2. The molecule has 6 unspecified atom stereocenters. The number of ketones is 1.